The van der Waals surface area contributed by atoms with Crippen LogP contribution >= 0.6 is 23.2 Å². The van der Waals surface area contributed by atoms with E-state index < -0.39 is 0 Å². The fourth-order valence-corrected chi connectivity index (χ4v) is 1.65. The van der Waals surface area contributed by atoms with Gasteiger partial charge in [0.15, 0.2) is 11.5 Å². The molecule has 0 aliphatic rings. The van der Waals surface area contributed by atoms with Gasteiger partial charge in [-0.3, -0.25) is 4.79 Å². The minimum atomic E-state index is -0.111. The predicted molar refractivity (Wildman–Crippen MR) is 53.0 cm³/mol. The summed E-state index contributed by atoms with van der Waals surface area (Å²) in [6.45, 7) is 1.44. The zero-order valence-corrected chi connectivity index (χ0v) is 8.74. The molecule has 0 fully saturated rings. The van der Waals surface area contributed by atoms with Crippen LogP contribution in [0.5, 0.6) is 5.75 Å². The third-order valence-corrected chi connectivity index (χ3v) is 2.31. The van der Waals surface area contributed by atoms with E-state index in [9.17, 15) is 4.79 Å². The lowest BCUT2D eigenvalue weighted by Crippen LogP contribution is -1.96. The summed E-state index contributed by atoms with van der Waals surface area (Å²) in [7, 11) is 1.46. The minimum absolute atomic E-state index is 0.111. The van der Waals surface area contributed by atoms with E-state index in [-0.39, 0.29) is 10.8 Å². The van der Waals surface area contributed by atoms with Gasteiger partial charge < -0.3 is 4.74 Å². The molecule has 0 bridgehead atoms. The number of hydrogen-bond donors (Lipinski definition) is 0. The predicted octanol–water partition coefficient (Wildman–Crippen LogP) is 3.20. The Hall–Kier alpha value is -0.730. The standard InChI is InChI=1S/C9H8Cl2O2/c1-5(12)6-3-4-7(10)9(13-2)8(6)11/h3-4H,1-2H3. The maximum absolute atomic E-state index is 11.1. The van der Waals surface area contributed by atoms with Crippen LogP contribution in [-0.2, 0) is 0 Å². The normalized spacial score (nSPS) is 9.85. The smallest absolute Gasteiger partial charge is 0.161 e. The summed E-state index contributed by atoms with van der Waals surface area (Å²) in [6, 6.07) is 3.17. The van der Waals surface area contributed by atoms with Crippen LogP contribution in [0, 0.1) is 0 Å². The van der Waals surface area contributed by atoms with Gasteiger partial charge in [0.25, 0.3) is 0 Å². The molecular formula is C9H8Cl2O2. The zero-order chi connectivity index (χ0) is 10.0. The number of carbonyl (C=O) groups is 1. The highest BCUT2D eigenvalue weighted by atomic mass is 35.5. The van der Waals surface area contributed by atoms with Crippen molar-refractivity contribution >= 4 is 29.0 Å². The van der Waals surface area contributed by atoms with Crippen molar-refractivity contribution in [1.29, 1.82) is 0 Å². The van der Waals surface area contributed by atoms with Gasteiger partial charge >= 0.3 is 0 Å². The van der Waals surface area contributed by atoms with Gasteiger partial charge in [-0.15, -0.1) is 0 Å². The van der Waals surface area contributed by atoms with Gasteiger partial charge in [-0.25, -0.2) is 0 Å². The topological polar surface area (TPSA) is 26.3 Å². The Bertz CT molecular complexity index is 348. The summed E-state index contributed by atoms with van der Waals surface area (Å²) in [5.41, 5.74) is 0.419. The first-order valence-corrected chi connectivity index (χ1v) is 4.36. The molecule has 1 rings (SSSR count). The summed E-state index contributed by atoms with van der Waals surface area (Å²) < 4.78 is 4.95. The molecule has 0 N–H and O–H groups in total. The lowest BCUT2D eigenvalue weighted by Gasteiger charge is -2.07. The van der Waals surface area contributed by atoms with Crippen molar-refractivity contribution in [3.63, 3.8) is 0 Å². The summed E-state index contributed by atoms with van der Waals surface area (Å²) >= 11 is 11.7. The molecule has 0 saturated carbocycles. The van der Waals surface area contributed by atoms with Gasteiger partial charge in [0, 0.05) is 5.56 Å². The summed E-state index contributed by atoms with van der Waals surface area (Å²) in [6.07, 6.45) is 0. The van der Waals surface area contributed by atoms with Gasteiger partial charge in [-0.05, 0) is 19.1 Å². The van der Waals surface area contributed by atoms with Gasteiger partial charge in [0.2, 0.25) is 0 Å². The third kappa shape index (κ3) is 1.95. The van der Waals surface area contributed by atoms with Crippen LogP contribution in [0.2, 0.25) is 10.0 Å². The lowest BCUT2D eigenvalue weighted by molar-refractivity contribution is 0.101. The molecule has 0 aliphatic carbocycles. The Morgan fingerprint density at radius 3 is 2.46 bits per heavy atom. The first kappa shape index (κ1) is 10.4. The monoisotopic (exact) mass is 218 g/mol. The highest BCUT2D eigenvalue weighted by Gasteiger charge is 2.13. The number of carbonyl (C=O) groups excluding carboxylic acids is 1. The molecule has 0 unspecified atom stereocenters. The molecule has 0 spiro atoms. The van der Waals surface area contributed by atoms with Crippen molar-refractivity contribution in [2.24, 2.45) is 0 Å². The number of ketones is 1. The van der Waals surface area contributed by atoms with Gasteiger partial charge in [-0.2, -0.15) is 0 Å². The van der Waals surface area contributed by atoms with Crippen LogP contribution in [-0.4, -0.2) is 12.9 Å². The number of hydrogen-bond acceptors (Lipinski definition) is 2. The molecule has 0 aromatic heterocycles. The Balaban J connectivity index is 3.35. The number of Topliss-reactive ketones (excluding diaryl/α,β-unsaturated/α-hetero) is 1. The highest BCUT2D eigenvalue weighted by Crippen LogP contribution is 2.35. The average molecular weight is 219 g/mol. The zero-order valence-electron chi connectivity index (χ0n) is 7.23. The minimum Gasteiger partial charge on any atom is -0.494 e. The van der Waals surface area contributed by atoms with Crippen molar-refractivity contribution in [1.82, 2.24) is 0 Å². The van der Waals surface area contributed by atoms with E-state index >= 15 is 0 Å². The van der Waals surface area contributed by atoms with E-state index in [0.717, 1.165) is 0 Å². The van der Waals surface area contributed by atoms with Crippen LogP contribution in [0.25, 0.3) is 0 Å². The maximum atomic E-state index is 11.1. The molecule has 0 amide bonds. The van der Waals surface area contributed by atoms with Crippen molar-refractivity contribution < 1.29 is 9.53 Å². The van der Waals surface area contributed by atoms with Crippen molar-refractivity contribution in [3.8, 4) is 5.75 Å². The fourth-order valence-electron chi connectivity index (χ4n) is 0.992. The fraction of sp³-hybridized carbons (Fsp3) is 0.222. The molecule has 0 saturated heterocycles. The second kappa shape index (κ2) is 3.99. The van der Waals surface area contributed by atoms with Crippen LogP contribution < -0.4 is 4.74 Å². The molecule has 0 aliphatic heterocycles. The van der Waals surface area contributed by atoms with Crippen molar-refractivity contribution in [2.45, 2.75) is 6.92 Å². The molecule has 2 nitrogen and oxygen atoms in total. The second-order valence-corrected chi connectivity index (χ2v) is 3.28. The SMILES string of the molecule is COc1c(Cl)ccc(C(C)=O)c1Cl. The molecule has 1 aromatic rings. The number of rotatable bonds is 2. The molecule has 4 heteroatoms. The Morgan fingerprint density at radius 1 is 1.38 bits per heavy atom. The van der Waals surface area contributed by atoms with E-state index in [4.69, 9.17) is 27.9 Å². The van der Waals surface area contributed by atoms with E-state index in [2.05, 4.69) is 0 Å². The Morgan fingerprint density at radius 2 is 2.00 bits per heavy atom. The summed E-state index contributed by atoms with van der Waals surface area (Å²) in [5.74, 6) is 0.232. The largest absolute Gasteiger partial charge is 0.494 e. The number of halogens is 2. The van der Waals surface area contributed by atoms with Crippen molar-refractivity contribution in [3.05, 3.63) is 27.7 Å². The molecule has 70 valence electrons. The van der Waals surface area contributed by atoms with Gasteiger partial charge in [-0.1, -0.05) is 23.2 Å². The number of ether oxygens (including phenoxy) is 1. The van der Waals surface area contributed by atoms with Crippen LogP contribution in [0.3, 0.4) is 0 Å². The van der Waals surface area contributed by atoms with E-state index in [1.807, 2.05) is 0 Å². The van der Waals surface area contributed by atoms with Gasteiger partial charge in [0.05, 0.1) is 17.2 Å². The molecule has 0 atom stereocenters. The summed E-state index contributed by atoms with van der Waals surface area (Å²) in [4.78, 5) is 11.1. The quantitative estimate of drug-likeness (QED) is 0.714. The Labute approximate surface area is 86.4 Å². The van der Waals surface area contributed by atoms with Crippen LogP contribution in [0.15, 0.2) is 12.1 Å². The third-order valence-electron chi connectivity index (χ3n) is 1.63. The highest BCUT2D eigenvalue weighted by molar-refractivity contribution is 6.39. The lowest BCUT2D eigenvalue weighted by atomic mass is 10.1. The number of benzene rings is 1. The first-order chi connectivity index (χ1) is 6.07. The van der Waals surface area contributed by atoms with Crippen molar-refractivity contribution in [2.75, 3.05) is 7.11 Å². The van der Waals surface area contributed by atoms with E-state index in [1.54, 1.807) is 12.1 Å². The second-order valence-electron chi connectivity index (χ2n) is 2.50. The van der Waals surface area contributed by atoms with E-state index in [0.29, 0.717) is 16.3 Å². The van der Waals surface area contributed by atoms with Crippen LogP contribution in [0.4, 0.5) is 0 Å². The molecule has 1 aromatic carbocycles. The average Bonchev–Trinajstić information content (AvgIpc) is 2.04. The first-order valence-electron chi connectivity index (χ1n) is 3.61. The molecular weight excluding hydrogens is 211 g/mol. The Kier molecular flexibility index (Phi) is 3.17. The van der Waals surface area contributed by atoms with Gasteiger partial charge in [0.1, 0.15) is 0 Å². The molecule has 0 radical (unpaired) electrons. The maximum Gasteiger partial charge on any atom is 0.161 e. The van der Waals surface area contributed by atoms with Crippen LogP contribution in [0.1, 0.15) is 17.3 Å². The summed E-state index contributed by atoms with van der Waals surface area (Å²) in [5, 5.41) is 0.667. The molecule has 0 heterocycles. The molecule has 13 heavy (non-hydrogen) atoms. The van der Waals surface area contributed by atoms with E-state index in [1.165, 1.54) is 14.0 Å². The number of methoxy groups -OCH3 is 1.